The van der Waals surface area contributed by atoms with Gasteiger partial charge in [0, 0.05) is 17.7 Å². The highest BCUT2D eigenvalue weighted by Gasteiger charge is 2.23. The van der Waals surface area contributed by atoms with Crippen molar-refractivity contribution in [2.24, 2.45) is 10.9 Å². The van der Waals surface area contributed by atoms with Gasteiger partial charge in [-0.25, -0.2) is 0 Å². The molecule has 0 spiro atoms. The van der Waals surface area contributed by atoms with Crippen LogP contribution in [0.1, 0.15) is 46.0 Å². The number of hydrogen-bond donors (Lipinski definition) is 3. The van der Waals surface area contributed by atoms with Gasteiger partial charge in [0.25, 0.3) is 0 Å². The smallest absolute Gasteiger partial charge is 0.139 e. The maximum atomic E-state index is 8.38. The third-order valence-corrected chi connectivity index (χ3v) is 4.92. The van der Waals surface area contributed by atoms with Crippen LogP contribution in [0.15, 0.2) is 5.16 Å². The standard InChI is InChI=1S/C12H27N3OS/c1-4-12(5-2,17-3)10-14-9-7-6-8-11(13)15-16/h14,16H,4-10H2,1-3H3,(H2,13,15). The van der Waals surface area contributed by atoms with Crippen LogP contribution in [0.4, 0.5) is 0 Å². The molecular formula is C12H27N3OS. The molecule has 0 aromatic rings. The monoisotopic (exact) mass is 261 g/mol. The summed E-state index contributed by atoms with van der Waals surface area (Å²) in [6, 6.07) is 0. The fraction of sp³-hybridized carbons (Fsp3) is 0.917. The number of nitrogens with one attached hydrogen (secondary N) is 1. The van der Waals surface area contributed by atoms with Crippen LogP contribution in [-0.2, 0) is 0 Å². The van der Waals surface area contributed by atoms with Crippen molar-refractivity contribution in [3.05, 3.63) is 0 Å². The van der Waals surface area contributed by atoms with E-state index in [2.05, 4.69) is 30.6 Å². The van der Waals surface area contributed by atoms with Crippen LogP contribution >= 0.6 is 11.8 Å². The van der Waals surface area contributed by atoms with E-state index >= 15 is 0 Å². The Kier molecular flexibility index (Phi) is 9.36. The second kappa shape index (κ2) is 9.59. The summed E-state index contributed by atoms with van der Waals surface area (Å²) in [4.78, 5) is 0. The molecule has 17 heavy (non-hydrogen) atoms. The molecule has 0 saturated heterocycles. The van der Waals surface area contributed by atoms with Crippen molar-refractivity contribution in [2.45, 2.75) is 50.7 Å². The second-order valence-electron chi connectivity index (χ2n) is 4.32. The van der Waals surface area contributed by atoms with Gasteiger partial charge in [0.1, 0.15) is 5.84 Å². The van der Waals surface area contributed by atoms with Gasteiger partial charge in [-0.1, -0.05) is 19.0 Å². The molecule has 4 N–H and O–H groups in total. The molecule has 0 aliphatic heterocycles. The van der Waals surface area contributed by atoms with E-state index in [0.29, 0.717) is 17.0 Å². The minimum absolute atomic E-state index is 0.325. The number of hydrogen-bond acceptors (Lipinski definition) is 4. The van der Waals surface area contributed by atoms with Crippen molar-refractivity contribution >= 4 is 17.6 Å². The molecule has 0 saturated carbocycles. The van der Waals surface area contributed by atoms with E-state index in [4.69, 9.17) is 10.9 Å². The highest BCUT2D eigenvalue weighted by molar-refractivity contribution is 8.00. The molecule has 0 radical (unpaired) electrons. The van der Waals surface area contributed by atoms with Gasteiger partial charge in [-0.15, -0.1) is 0 Å². The van der Waals surface area contributed by atoms with Gasteiger partial charge in [-0.2, -0.15) is 11.8 Å². The summed E-state index contributed by atoms with van der Waals surface area (Å²) in [5.41, 5.74) is 5.40. The van der Waals surface area contributed by atoms with E-state index in [0.717, 1.165) is 25.9 Å². The third-order valence-electron chi connectivity index (χ3n) is 3.33. The van der Waals surface area contributed by atoms with Gasteiger partial charge >= 0.3 is 0 Å². The maximum Gasteiger partial charge on any atom is 0.139 e. The van der Waals surface area contributed by atoms with Crippen molar-refractivity contribution in [1.82, 2.24) is 5.32 Å². The van der Waals surface area contributed by atoms with E-state index in [1.807, 2.05) is 11.8 Å². The van der Waals surface area contributed by atoms with Gasteiger partial charge in [-0.3, -0.25) is 0 Å². The Morgan fingerprint density at radius 3 is 2.47 bits per heavy atom. The average molecular weight is 261 g/mol. The number of nitrogens with two attached hydrogens (primary N) is 1. The van der Waals surface area contributed by atoms with Crippen LogP contribution in [0.5, 0.6) is 0 Å². The first-order valence-corrected chi connectivity index (χ1v) is 7.58. The predicted molar refractivity (Wildman–Crippen MR) is 77.0 cm³/mol. The minimum Gasteiger partial charge on any atom is -0.409 e. The Bertz CT molecular complexity index is 210. The van der Waals surface area contributed by atoms with E-state index in [1.165, 1.54) is 12.8 Å². The molecule has 0 fully saturated rings. The third kappa shape index (κ3) is 6.78. The zero-order chi connectivity index (χ0) is 13.1. The Labute approximate surface area is 109 Å². The summed E-state index contributed by atoms with van der Waals surface area (Å²) in [5, 5.41) is 14.8. The van der Waals surface area contributed by atoms with Gasteiger partial charge in [0.05, 0.1) is 0 Å². The fourth-order valence-corrected chi connectivity index (χ4v) is 2.61. The lowest BCUT2D eigenvalue weighted by molar-refractivity contribution is 0.316. The van der Waals surface area contributed by atoms with Gasteiger partial charge < -0.3 is 16.3 Å². The molecule has 5 heteroatoms. The quantitative estimate of drug-likeness (QED) is 0.186. The summed E-state index contributed by atoms with van der Waals surface area (Å²) in [6.07, 6.45) is 7.28. The van der Waals surface area contributed by atoms with Crippen LogP contribution in [0.25, 0.3) is 0 Å². The first-order valence-electron chi connectivity index (χ1n) is 6.36. The first-order chi connectivity index (χ1) is 8.14. The molecule has 4 nitrogen and oxygen atoms in total. The van der Waals surface area contributed by atoms with Crippen molar-refractivity contribution in [2.75, 3.05) is 19.3 Å². The van der Waals surface area contributed by atoms with E-state index < -0.39 is 0 Å². The maximum absolute atomic E-state index is 8.38. The Morgan fingerprint density at radius 2 is 2.00 bits per heavy atom. The van der Waals surface area contributed by atoms with Gasteiger partial charge in [0.2, 0.25) is 0 Å². The molecular weight excluding hydrogens is 234 g/mol. The number of oxime groups is 1. The molecule has 0 bridgehead atoms. The zero-order valence-electron chi connectivity index (χ0n) is 11.3. The fourth-order valence-electron chi connectivity index (χ4n) is 1.78. The largest absolute Gasteiger partial charge is 0.409 e. The number of amidine groups is 1. The van der Waals surface area contributed by atoms with Crippen molar-refractivity contribution < 1.29 is 5.21 Å². The molecule has 0 rings (SSSR count). The molecule has 0 heterocycles. The van der Waals surface area contributed by atoms with Crippen LogP contribution in [0.2, 0.25) is 0 Å². The summed E-state index contributed by atoms with van der Waals surface area (Å²) in [7, 11) is 0. The zero-order valence-corrected chi connectivity index (χ0v) is 12.1. The minimum atomic E-state index is 0.325. The Hall–Kier alpha value is -0.420. The summed E-state index contributed by atoms with van der Waals surface area (Å²) in [6.45, 7) is 6.56. The number of rotatable bonds is 10. The molecule has 0 aromatic heterocycles. The predicted octanol–water partition coefficient (Wildman–Crippen LogP) is 2.41. The number of unbranched alkanes of at least 4 members (excludes halogenated alkanes) is 1. The molecule has 0 amide bonds. The summed E-state index contributed by atoms with van der Waals surface area (Å²) < 4.78 is 0.381. The topological polar surface area (TPSA) is 70.6 Å². The lowest BCUT2D eigenvalue weighted by atomic mass is 10.0. The first kappa shape index (κ1) is 16.6. The second-order valence-corrected chi connectivity index (χ2v) is 5.59. The van der Waals surface area contributed by atoms with Crippen molar-refractivity contribution in [3.63, 3.8) is 0 Å². The lowest BCUT2D eigenvalue weighted by Crippen LogP contribution is -2.37. The summed E-state index contributed by atoms with van der Waals surface area (Å²) in [5.74, 6) is 0.325. The van der Waals surface area contributed by atoms with Gasteiger partial charge in [0.15, 0.2) is 0 Å². The van der Waals surface area contributed by atoms with Crippen LogP contribution in [-0.4, -0.2) is 35.1 Å². The molecule has 0 aromatic carbocycles. The van der Waals surface area contributed by atoms with Crippen molar-refractivity contribution in [3.8, 4) is 0 Å². The average Bonchev–Trinajstić information content (AvgIpc) is 2.38. The normalized spacial score (nSPS) is 13.0. The van der Waals surface area contributed by atoms with Gasteiger partial charge in [-0.05, 0) is 38.5 Å². The molecule has 0 unspecified atom stereocenters. The van der Waals surface area contributed by atoms with Crippen LogP contribution in [0.3, 0.4) is 0 Å². The van der Waals surface area contributed by atoms with E-state index in [9.17, 15) is 0 Å². The van der Waals surface area contributed by atoms with Crippen LogP contribution in [0, 0.1) is 0 Å². The number of thioether (sulfide) groups is 1. The van der Waals surface area contributed by atoms with Crippen molar-refractivity contribution in [1.29, 1.82) is 0 Å². The lowest BCUT2D eigenvalue weighted by Gasteiger charge is -2.30. The summed E-state index contributed by atoms with van der Waals surface area (Å²) >= 11 is 1.96. The van der Waals surface area contributed by atoms with Crippen LogP contribution < -0.4 is 11.1 Å². The SMILES string of the molecule is CCC(CC)(CNCCCCC(N)=NO)SC. The Morgan fingerprint density at radius 1 is 1.35 bits per heavy atom. The highest BCUT2D eigenvalue weighted by atomic mass is 32.2. The van der Waals surface area contributed by atoms with E-state index in [-0.39, 0.29) is 0 Å². The number of nitrogens with zero attached hydrogens (tertiary/aromatic N) is 1. The Balaban J connectivity index is 3.62. The molecule has 0 aliphatic carbocycles. The molecule has 0 aliphatic rings. The molecule has 102 valence electrons. The molecule has 0 atom stereocenters. The van der Waals surface area contributed by atoms with E-state index in [1.54, 1.807) is 0 Å². The highest BCUT2D eigenvalue weighted by Crippen LogP contribution is 2.29.